The molecule has 0 aliphatic rings. The summed E-state index contributed by atoms with van der Waals surface area (Å²) in [5.74, 6) is -0.456. The van der Waals surface area contributed by atoms with Gasteiger partial charge in [0.05, 0.1) is 12.3 Å². The fourth-order valence-electron chi connectivity index (χ4n) is 2.82. The number of unbranched alkanes of at least 4 members (excludes halogenated alkanes) is 2. The third-order valence-electron chi connectivity index (χ3n) is 4.54. The number of rotatable bonds is 8. The van der Waals surface area contributed by atoms with Crippen LogP contribution in [-0.4, -0.2) is 30.0 Å². The third-order valence-corrected chi connectivity index (χ3v) is 5.70. The smallest absolute Gasteiger partial charge is 0.350 e. The number of amides is 1. The SMILES string of the molecule is CCCCCN(C(=O)c1cccc(C)c1C)c1nc(C)c(C(=O)OCC)s1. The number of esters is 1. The molecule has 2 aromatic rings. The zero-order valence-electron chi connectivity index (χ0n) is 16.8. The Morgan fingerprint density at radius 1 is 1.15 bits per heavy atom. The standard InChI is InChI=1S/C21H28N2O3S/c1-6-8-9-13-23(19(24)17-12-10-11-14(3)15(17)4)21-22-16(5)18(27-21)20(25)26-7-2/h10-12H,6-9,13H2,1-5H3. The van der Waals surface area contributed by atoms with Gasteiger partial charge in [0.15, 0.2) is 5.13 Å². The van der Waals surface area contributed by atoms with E-state index in [1.807, 2.05) is 32.0 Å². The van der Waals surface area contributed by atoms with E-state index in [9.17, 15) is 9.59 Å². The molecule has 0 N–H and O–H groups in total. The van der Waals surface area contributed by atoms with Crippen LogP contribution in [0.5, 0.6) is 0 Å². The van der Waals surface area contributed by atoms with E-state index < -0.39 is 0 Å². The van der Waals surface area contributed by atoms with Gasteiger partial charge in [0, 0.05) is 12.1 Å². The fraction of sp³-hybridized carbons (Fsp3) is 0.476. The number of thiazole rings is 1. The topological polar surface area (TPSA) is 59.5 Å². The molecule has 0 fully saturated rings. The lowest BCUT2D eigenvalue weighted by molar-refractivity contribution is 0.0531. The number of nitrogens with zero attached hydrogens (tertiary/aromatic N) is 2. The van der Waals surface area contributed by atoms with Gasteiger partial charge in [-0.15, -0.1) is 0 Å². The Morgan fingerprint density at radius 3 is 2.56 bits per heavy atom. The molecule has 1 heterocycles. The lowest BCUT2D eigenvalue weighted by Crippen LogP contribution is -2.32. The second-order valence-corrected chi connectivity index (χ2v) is 7.52. The molecule has 5 nitrogen and oxygen atoms in total. The van der Waals surface area contributed by atoms with Crippen LogP contribution >= 0.6 is 11.3 Å². The average Bonchev–Trinajstić information content (AvgIpc) is 3.02. The Hall–Kier alpha value is -2.21. The van der Waals surface area contributed by atoms with E-state index in [1.54, 1.807) is 18.7 Å². The van der Waals surface area contributed by atoms with Crippen molar-refractivity contribution in [3.05, 3.63) is 45.5 Å². The lowest BCUT2D eigenvalue weighted by atomic mass is 10.0. The van der Waals surface area contributed by atoms with Gasteiger partial charge in [0.1, 0.15) is 4.88 Å². The third kappa shape index (κ3) is 4.95. The van der Waals surface area contributed by atoms with Gasteiger partial charge >= 0.3 is 5.97 Å². The summed E-state index contributed by atoms with van der Waals surface area (Å²) in [4.78, 5) is 32.1. The molecular formula is C21H28N2O3S. The van der Waals surface area contributed by atoms with Gasteiger partial charge in [0.25, 0.3) is 5.91 Å². The van der Waals surface area contributed by atoms with E-state index in [2.05, 4.69) is 11.9 Å². The maximum absolute atomic E-state index is 13.3. The van der Waals surface area contributed by atoms with E-state index >= 15 is 0 Å². The number of hydrogen-bond donors (Lipinski definition) is 0. The van der Waals surface area contributed by atoms with Gasteiger partial charge in [-0.05, 0) is 51.3 Å². The highest BCUT2D eigenvalue weighted by Crippen LogP contribution is 2.29. The number of ether oxygens (including phenoxy) is 1. The highest BCUT2D eigenvalue weighted by atomic mass is 32.1. The number of carbonyl (C=O) groups is 2. The van der Waals surface area contributed by atoms with Gasteiger partial charge in [-0.3, -0.25) is 9.69 Å². The Kier molecular flexibility index (Phi) is 7.54. The molecule has 0 unspecified atom stereocenters. The minimum Gasteiger partial charge on any atom is -0.462 e. The molecule has 0 aliphatic heterocycles. The molecule has 146 valence electrons. The first kappa shape index (κ1) is 21.1. The van der Waals surface area contributed by atoms with E-state index in [-0.39, 0.29) is 11.9 Å². The molecule has 1 aromatic carbocycles. The number of anilines is 1. The molecule has 0 aliphatic carbocycles. The minimum atomic E-state index is -0.383. The van der Waals surface area contributed by atoms with Gasteiger partial charge < -0.3 is 4.74 Å². The average molecular weight is 389 g/mol. The molecular weight excluding hydrogens is 360 g/mol. The number of aryl methyl sites for hydroxylation is 2. The van der Waals surface area contributed by atoms with E-state index in [4.69, 9.17) is 4.74 Å². The van der Waals surface area contributed by atoms with Gasteiger partial charge in [0.2, 0.25) is 0 Å². The molecule has 27 heavy (non-hydrogen) atoms. The predicted octanol–water partition coefficient (Wildman–Crippen LogP) is 5.08. The normalized spacial score (nSPS) is 10.7. The summed E-state index contributed by atoms with van der Waals surface area (Å²) in [7, 11) is 0. The summed E-state index contributed by atoms with van der Waals surface area (Å²) >= 11 is 1.23. The van der Waals surface area contributed by atoms with Crippen LogP contribution in [0, 0.1) is 20.8 Å². The molecule has 0 saturated carbocycles. The summed E-state index contributed by atoms with van der Waals surface area (Å²) in [5.41, 5.74) is 3.33. The van der Waals surface area contributed by atoms with Crippen molar-refractivity contribution in [2.24, 2.45) is 0 Å². The Balaban J connectivity index is 2.40. The summed E-state index contributed by atoms with van der Waals surface area (Å²) < 4.78 is 5.11. The Bertz CT molecular complexity index is 814. The quantitative estimate of drug-likeness (QED) is 0.467. The van der Waals surface area contributed by atoms with Gasteiger partial charge in [-0.2, -0.15) is 0 Å². The first-order valence-electron chi connectivity index (χ1n) is 9.43. The largest absolute Gasteiger partial charge is 0.462 e. The maximum Gasteiger partial charge on any atom is 0.350 e. The molecule has 0 atom stereocenters. The van der Waals surface area contributed by atoms with E-state index in [0.717, 1.165) is 30.4 Å². The summed E-state index contributed by atoms with van der Waals surface area (Å²) in [6.45, 7) is 10.5. The van der Waals surface area contributed by atoms with Crippen LogP contribution in [0.25, 0.3) is 0 Å². The maximum atomic E-state index is 13.3. The van der Waals surface area contributed by atoms with Crippen molar-refractivity contribution in [3.8, 4) is 0 Å². The Labute approximate surface area is 165 Å². The van der Waals surface area contributed by atoms with Crippen LogP contribution < -0.4 is 4.90 Å². The number of aromatic nitrogens is 1. The van der Waals surface area contributed by atoms with Crippen LogP contribution in [-0.2, 0) is 4.74 Å². The molecule has 1 aromatic heterocycles. The van der Waals surface area contributed by atoms with Crippen molar-refractivity contribution in [1.29, 1.82) is 0 Å². The fourth-order valence-corrected chi connectivity index (χ4v) is 3.80. The van der Waals surface area contributed by atoms with Crippen LogP contribution in [0.1, 0.15) is 70.0 Å². The van der Waals surface area contributed by atoms with Crippen LogP contribution in [0.4, 0.5) is 5.13 Å². The van der Waals surface area contributed by atoms with Crippen molar-refractivity contribution in [2.45, 2.75) is 53.9 Å². The minimum absolute atomic E-state index is 0.0727. The van der Waals surface area contributed by atoms with Crippen LogP contribution in [0.3, 0.4) is 0 Å². The van der Waals surface area contributed by atoms with E-state index in [0.29, 0.717) is 34.4 Å². The Morgan fingerprint density at radius 2 is 1.89 bits per heavy atom. The summed E-state index contributed by atoms with van der Waals surface area (Å²) in [5, 5.41) is 0.553. The number of hydrogen-bond acceptors (Lipinski definition) is 5. The summed E-state index contributed by atoms with van der Waals surface area (Å²) in [6.07, 6.45) is 2.99. The number of benzene rings is 1. The van der Waals surface area contributed by atoms with Gasteiger partial charge in [-0.1, -0.05) is 43.2 Å². The highest BCUT2D eigenvalue weighted by Gasteiger charge is 2.25. The lowest BCUT2D eigenvalue weighted by Gasteiger charge is -2.21. The van der Waals surface area contributed by atoms with Crippen molar-refractivity contribution in [3.63, 3.8) is 0 Å². The monoisotopic (exact) mass is 388 g/mol. The van der Waals surface area contributed by atoms with Crippen molar-refractivity contribution in [2.75, 3.05) is 18.1 Å². The van der Waals surface area contributed by atoms with Crippen molar-refractivity contribution < 1.29 is 14.3 Å². The molecule has 1 amide bonds. The highest BCUT2D eigenvalue weighted by molar-refractivity contribution is 7.17. The van der Waals surface area contributed by atoms with Crippen LogP contribution in [0.15, 0.2) is 18.2 Å². The molecule has 0 radical (unpaired) electrons. The first-order chi connectivity index (χ1) is 12.9. The van der Waals surface area contributed by atoms with Crippen molar-refractivity contribution >= 4 is 28.3 Å². The summed E-state index contributed by atoms with van der Waals surface area (Å²) in [6, 6.07) is 5.75. The molecule has 2 rings (SSSR count). The molecule has 6 heteroatoms. The number of carbonyl (C=O) groups excluding carboxylic acids is 2. The zero-order valence-corrected chi connectivity index (χ0v) is 17.6. The van der Waals surface area contributed by atoms with E-state index in [1.165, 1.54) is 11.3 Å². The predicted molar refractivity (Wildman–Crippen MR) is 110 cm³/mol. The van der Waals surface area contributed by atoms with Gasteiger partial charge in [-0.25, -0.2) is 9.78 Å². The molecule has 0 bridgehead atoms. The van der Waals surface area contributed by atoms with Crippen LogP contribution in [0.2, 0.25) is 0 Å². The molecule has 0 saturated heterocycles. The second kappa shape index (κ2) is 9.65. The second-order valence-electron chi connectivity index (χ2n) is 6.54. The van der Waals surface area contributed by atoms with Crippen molar-refractivity contribution in [1.82, 2.24) is 4.98 Å². The first-order valence-corrected chi connectivity index (χ1v) is 10.2. The zero-order chi connectivity index (χ0) is 20.0. The molecule has 0 spiro atoms.